The number of fused-ring (bicyclic) bond motifs is 1. The van der Waals surface area contributed by atoms with Gasteiger partial charge in [-0.15, -0.1) is 0 Å². The number of rotatable bonds is 12. The van der Waals surface area contributed by atoms with Gasteiger partial charge in [-0.3, -0.25) is 14.4 Å². The van der Waals surface area contributed by atoms with E-state index in [-0.39, 0.29) is 32.0 Å². The van der Waals surface area contributed by atoms with E-state index < -0.39 is 121 Å². The van der Waals surface area contributed by atoms with Gasteiger partial charge in [0.2, 0.25) is 0 Å². The Balaban J connectivity index is 1.57. The summed E-state index contributed by atoms with van der Waals surface area (Å²) in [7, 11) is 4.49. The van der Waals surface area contributed by atoms with Gasteiger partial charge in [0.05, 0.1) is 31.0 Å². The molecule has 4 aliphatic heterocycles. The van der Waals surface area contributed by atoms with Crippen LogP contribution in [0.25, 0.3) is 0 Å². The third-order valence-corrected chi connectivity index (χ3v) is 11.2. The van der Waals surface area contributed by atoms with Gasteiger partial charge in [-0.25, -0.2) is 4.79 Å². The molecule has 3 fully saturated rings. The number of epoxide rings is 1. The van der Waals surface area contributed by atoms with E-state index in [1.165, 1.54) is 40.4 Å². The number of ketones is 1. The van der Waals surface area contributed by atoms with Crippen molar-refractivity contribution in [3.05, 3.63) is 24.3 Å². The summed E-state index contributed by atoms with van der Waals surface area (Å²) >= 11 is 0. The maximum Gasteiger partial charge on any atom is 0.330 e. The van der Waals surface area contributed by atoms with Crippen molar-refractivity contribution in [3.63, 3.8) is 0 Å². The summed E-state index contributed by atoms with van der Waals surface area (Å²) in [6.45, 7) is 13.8. The molecule has 0 radical (unpaired) electrons. The van der Waals surface area contributed by atoms with Crippen LogP contribution in [0.15, 0.2) is 24.3 Å². The predicted octanol–water partition coefficient (Wildman–Crippen LogP) is 3.38. The van der Waals surface area contributed by atoms with Gasteiger partial charge in [0.25, 0.3) is 0 Å². The van der Waals surface area contributed by atoms with Crippen LogP contribution in [0.1, 0.15) is 81.1 Å². The first kappa shape index (κ1) is 46.9. The molecule has 0 spiro atoms. The third-order valence-electron chi connectivity index (χ3n) is 11.2. The van der Waals surface area contributed by atoms with E-state index in [1.807, 2.05) is 20.8 Å². The van der Waals surface area contributed by atoms with E-state index in [9.17, 15) is 24.3 Å². The van der Waals surface area contributed by atoms with Crippen molar-refractivity contribution in [1.29, 1.82) is 0 Å². The molecule has 0 bridgehead atoms. The van der Waals surface area contributed by atoms with Crippen LogP contribution in [0.4, 0.5) is 0 Å². The second kappa shape index (κ2) is 20.9. The Morgan fingerprint density at radius 3 is 2.05 bits per heavy atom. The highest BCUT2D eigenvalue weighted by Gasteiger charge is 2.51. The zero-order valence-electron chi connectivity index (χ0n) is 35.2. The van der Waals surface area contributed by atoms with E-state index in [2.05, 4.69) is 0 Å². The van der Waals surface area contributed by atoms with Gasteiger partial charge in [-0.2, -0.15) is 0 Å². The minimum atomic E-state index is -1.80. The summed E-state index contributed by atoms with van der Waals surface area (Å²) in [5, 5.41) is 11.5. The smallest absolute Gasteiger partial charge is 0.330 e. The number of carbonyl (C=O) groups excluding carboxylic acids is 4. The molecule has 4 aliphatic rings. The van der Waals surface area contributed by atoms with E-state index in [1.54, 1.807) is 39.8 Å². The number of aliphatic hydroxyl groups is 1. The molecule has 3 saturated heterocycles. The largest absolute Gasteiger partial charge is 0.459 e. The molecule has 0 aromatic heterocycles. The first-order valence-corrected chi connectivity index (χ1v) is 20.0. The lowest BCUT2D eigenvalue weighted by Crippen LogP contribution is -2.60. The molecule has 4 rings (SSSR count). The van der Waals surface area contributed by atoms with Crippen molar-refractivity contribution >= 4 is 23.7 Å². The predicted molar refractivity (Wildman–Crippen MR) is 201 cm³/mol. The molecule has 0 aliphatic carbocycles. The number of hydrogen-bond donors (Lipinski definition) is 1. The second-order valence-electron chi connectivity index (χ2n) is 15.8. The quantitative estimate of drug-likeness (QED) is 0.171. The Morgan fingerprint density at radius 2 is 1.44 bits per heavy atom. The number of hydrogen-bond acceptors (Lipinski definition) is 16. The summed E-state index contributed by atoms with van der Waals surface area (Å²) in [5.41, 5.74) is -1.80. The fourth-order valence-corrected chi connectivity index (χ4v) is 7.85. The summed E-state index contributed by atoms with van der Waals surface area (Å²) in [6.07, 6.45) is -2.39. The van der Waals surface area contributed by atoms with Gasteiger partial charge in [-0.05, 0) is 52.2 Å². The number of esters is 3. The lowest BCUT2D eigenvalue weighted by Gasteiger charge is -2.44. The number of ether oxygens (including phenoxy) is 11. The average Bonchev–Trinajstić information content (AvgIpc) is 3.94. The molecular formula is C41H64O16. The first-order chi connectivity index (χ1) is 27.0. The molecule has 1 N–H and O–H groups in total. The van der Waals surface area contributed by atoms with Crippen molar-refractivity contribution in [2.75, 3.05) is 27.9 Å². The zero-order chi connectivity index (χ0) is 42.2. The van der Waals surface area contributed by atoms with Crippen molar-refractivity contribution in [3.8, 4) is 0 Å². The highest BCUT2D eigenvalue weighted by atomic mass is 16.7. The van der Waals surface area contributed by atoms with E-state index in [4.69, 9.17) is 52.1 Å². The van der Waals surface area contributed by atoms with Crippen LogP contribution in [0.3, 0.4) is 0 Å². The molecule has 4 heterocycles. The fourth-order valence-electron chi connectivity index (χ4n) is 7.85. The third kappa shape index (κ3) is 12.1. The number of carbonyl (C=O) groups is 4. The molecular weight excluding hydrogens is 748 g/mol. The molecule has 0 amide bonds. The van der Waals surface area contributed by atoms with Gasteiger partial charge < -0.3 is 57.2 Å². The fraction of sp³-hybridized carbons (Fsp3) is 0.805. The van der Waals surface area contributed by atoms with Crippen LogP contribution < -0.4 is 0 Å². The molecule has 8 unspecified atom stereocenters. The highest BCUT2D eigenvalue weighted by molar-refractivity contribution is 5.96. The minimum Gasteiger partial charge on any atom is -0.459 e. The lowest BCUT2D eigenvalue weighted by atomic mass is 9.82. The Labute approximate surface area is 336 Å². The molecule has 0 saturated carbocycles. The lowest BCUT2D eigenvalue weighted by molar-refractivity contribution is -0.307. The first-order valence-electron chi connectivity index (χ1n) is 20.0. The Kier molecular flexibility index (Phi) is 17.2. The zero-order valence-corrected chi connectivity index (χ0v) is 35.2. The van der Waals surface area contributed by atoms with E-state index in [0.29, 0.717) is 6.42 Å². The van der Waals surface area contributed by atoms with Crippen molar-refractivity contribution in [2.45, 2.75) is 166 Å². The normalized spacial score (nSPS) is 41.8. The summed E-state index contributed by atoms with van der Waals surface area (Å²) in [5.74, 6) is -3.50. The number of methoxy groups -OCH3 is 3. The van der Waals surface area contributed by atoms with E-state index in [0.717, 1.165) is 0 Å². The summed E-state index contributed by atoms with van der Waals surface area (Å²) in [6, 6.07) is 0. The van der Waals surface area contributed by atoms with Gasteiger partial charge in [0.1, 0.15) is 36.1 Å². The van der Waals surface area contributed by atoms with Crippen LogP contribution in [0.2, 0.25) is 0 Å². The summed E-state index contributed by atoms with van der Waals surface area (Å²) < 4.78 is 65.6. The van der Waals surface area contributed by atoms with E-state index >= 15 is 0 Å². The SMILES string of the molecule is CCC(=O)O[C@@H]1[C@@H](OC2C(C)C=CC(=O)OC(C)C(CO[C@@H]3O[C@H](C)[C@@H](OC(=O)CC)[C@@H](OC)[C@H]3OC)C3OC3C=CC(=O)C(C)(O)CC2C)O[C@@H](C)C[C@H]1OC. The van der Waals surface area contributed by atoms with Crippen LogP contribution >= 0.6 is 0 Å². The second-order valence-corrected chi connectivity index (χ2v) is 15.8. The van der Waals surface area contributed by atoms with Crippen molar-refractivity contribution in [2.24, 2.45) is 17.8 Å². The Bertz CT molecular complexity index is 1410. The van der Waals surface area contributed by atoms with Gasteiger partial charge in [-0.1, -0.05) is 33.8 Å². The molecule has 57 heavy (non-hydrogen) atoms. The number of cyclic esters (lactones) is 1. The maximum atomic E-state index is 13.5. The van der Waals surface area contributed by atoms with Crippen LogP contribution in [-0.4, -0.2) is 142 Å². The van der Waals surface area contributed by atoms with Gasteiger partial charge in [0, 0.05) is 58.5 Å². The van der Waals surface area contributed by atoms with Crippen LogP contribution in [-0.2, 0) is 71.3 Å². The molecule has 17 atom stereocenters. The average molecular weight is 813 g/mol. The minimum absolute atomic E-state index is 0.0112. The molecule has 324 valence electrons. The van der Waals surface area contributed by atoms with Gasteiger partial charge >= 0.3 is 17.9 Å². The Morgan fingerprint density at radius 1 is 0.789 bits per heavy atom. The standard InChI is InChI=1S/C41H64O16/c1-12-30(43)55-34-25(7)53-39(38(49-11)37(34)48-10)50-20-26-24(6)52-32(45)17-14-21(3)33(22(4)19-41(8,46)29(42)16-15-27-35(26)54-27)57-40-36(56-31(44)13-2)28(47-9)18-23(5)51-40/h14-17,21-28,33-40,46H,12-13,18-20H2,1-11H3/t21?,22?,23-,24?,25+,26?,27?,28+,33?,34+,35?,36-,37+,38+,39+,40+,41?/m0/s1. The molecule has 16 nitrogen and oxygen atoms in total. The molecule has 16 heteroatoms. The molecule has 0 aromatic rings. The highest BCUT2D eigenvalue weighted by Crippen LogP contribution is 2.37. The van der Waals surface area contributed by atoms with Crippen molar-refractivity contribution in [1.82, 2.24) is 0 Å². The Hall–Kier alpha value is -2.80. The monoisotopic (exact) mass is 812 g/mol. The topological polar surface area (TPSA) is 193 Å². The molecule has 0 aromatic carbocycles. The van der Waals surface area contributed by atoms with Gasteiger partial charge in [0.15, 0.2) is 30.6 Å². The van der Waals surface area contributed by atoms with Crippen molar-refractivity contribution < 1.29 is 76.4 Å². The maximum absolute atomic E-state index is 13.5. The van der Waals surface area contributed by atoms with Crippen LogP contribution in [0.5, 0.6) is 0 Å². The summed E-state index contributed by atoms with van der Waals surface area (Å²) in [4.78, 5) is 51.6. The van der Waals surface area contributed by atoms with Crippen LogP contribution in [0, 0.1) is 17.8 Å².